The van der Waals surface area contributed by atoms with Gasteiger partial charge >= 0.3 is 0 Å². The molecule has 0 N–H and O–H groups in total. The molecule has 0 aliphatic heterocycles. The maximum absolute atomic E-state index is 4.87. The summed E-state index contributed by atoms with van der Waals surface area (Å²) in [4.78, 5) is 9.23. The number of nitrogens with zero attached hydrogens (tertiary/aromatic N) is 2. The van der Waals surface area contributed by atoms with E-state index >= 15 is 0 Å². The molecule has 1 fully saturated rings. The molecular weight excluding hydrogens is 356 g/mol. The Bertz CT molecular complexity index is 718. The molecule has 3 rings (SSSR count). The van der Waals surface area contributed by atoms with Gasteiger partial charge in [-0.05, 0) is 61.4 Å². The normalized spacial score (nSPS) is 16.3. The van der Waals surface area contributed by atoms with Gasteiger partial charge in [-0.3, -0.25) is 0 Å². The van der Waals surface area contributed by atoms with E-state index < -0.39 is 0 Å². The van der Waals surface area contributed by atoms with Crippen LogP contribution in [0.3, 0.4) is 0 Å². The molecule has 0 atom stereocenters. The summed E-state index contributed by atoms with van der Waals surface area (Å²) in [6.07, 6.45) is 10.9. The smallest absolute Gasteiger partial charge is 0.100 e. The van der Waals surface area contributed by atoms with Gasteiger partial charge in [0.25, 0.3) is 0 Å². The summed E-state index contributed by atoms with van der Waals surface area (Å²) in [5.74, 6) is 2.01. The molecule has 1 aromatic carbocycles. The van der Waals surface area contributed by atoms with Gasteiger partial charge in [-0.1, -0.05) is 54.8 Å². The van der Waals surface area contributed by atoms with Crippen LogP contribution in [0.15, 0.2) is 70.2 Å². The molecule has 26 heavy (non-hydrogen) atoms. The molecule has 1 aliphatic rings. The fraction of sp³-hybridized carbons (Fsp3) is 0.364. The van der Waals surface area contributed by atoms with Crippen LogP contribution in [0.25, 0.3) is 0 Å². The van der Waals surface area contributed by atoms with Crippen LogP contribution in [0.5, 0.6) is 0 Å². The lowest BCUT2D eigenvalue weighted by molar-refractivity contribution is 0.391. The minimum Gasteiger partial charge on any atom is -0.250 e. The van der Waals surface area contributed by atoms with Crippen molar-refractivity contribution in [1.29, 1.82) is 0 Å². The first-order valence-electron chi connectivity index (χ1n) is 9.32. The zero-order valence-corrected chi connectivity index (χ0v) is 16.9. The van der Waals surface area contributed by atoms with Crippen molar-refractivity contribution in [2.45, 2.75) is 44.1 Å². The van der Waals surface area contributed by atoms with E-state index in [9.17, 15) is 0 Å². The first kappa shape index (κ1) is 19.2. The van der Waals surface area contributed by atoms with Crippen LogP contribution >= 0.6 is 23.5 Å². The maximum Gasteiger partial charge on any atom is 0.100 e. The number of aryl methyl sites for hydroxylation is 1. The number of aromatic nitrogens is 1. The second kappa shape index (κ2) is 10.6. The van der Waals surface area contributed by atoms with Gasteiger partial charge in [0.05, 0.1) is 10.7 Å². The average Bonchev–Trinajstić information content (AvgIpc) is 2.69. The van der Waals surface area contributed by atoms with Crippen LogP contribution in [0.2, 0.25) is 0 Å². The minimum atomic E-state index is 0.841. The Hall–Kier alpha value is -1.52. The Morgan fingerprint density at radius 2 is 1.92 bits per heavy atom. The fourth-order valence-corrected chi connectivity index (χ4v) is 4.78. The van der Waals surface area contributed by atoms with Crippen LogP contribution < -0.4 is 0 Å². The number of hydrogen-bond donors (Lipinski definition) is 0. The first-order chi connectivity index (χ1) is 12.8. The Labute approximate surface area is 165 Å². The summed E-state index contributed by atoms with van der Waals surface area (Å²) >= 11 is 3.53. The van der Waals surface area contributed by atoms with E-state index in [4.69, 9.17) is 4.99 Å². The average molecular weight is 383 g/mol. The van der Waals surface area contributed by atoms with Crippen molar-refractivity contribution in [3.05, 3.63) is 65.7 Å². The van der Waals surface area contributed by atoms with E-state index in [2.05, 4.69) is 47.7 Å². The largest absolute Gasteiger partial charge is 0.250 e. The lowest BCUT2D eigenvalue weighted by Crippen LogP contribution is -2.09. The molecule has 136 valence electrons. The molecule has 0 spiro atoms. The number of pyridine rings is 1. The number of benzene rings is 1. The molecule has 1 aromatic heterocycles. The molecule has 2 aromatic rings. The highest BCUT2D eigenvalue weighted by atomic mass is 32.2. The predicted molar refractivity (Wildman–Crippen MR) is 117 cm³/mol. The predicted octanol–water partition coefficient (Wildman–Crippen LogP) is 7.04. The van der Waals surface area contributed by atoms with Crippen LogP contribution in [0.4, 0.5) is 5.69 Å². The van der Waals surface area contributed by atoms with Gasteiger partial charge in [0, 0.05) is 11.9 Å². The van der Waals surface area contributed by atoms with Gasteiger partial charge < -0.3 is 0 Å². The standard InChI is InChI=1S/C22H26N2S2/c1-18-10-12-20(13-11-18)24-22(26-17-19-7-3-2-4-8-19)14-16-25-21-9-5-6-15-23-21/h5-6,9-16,19H,2-4,7-8,17H2,1H3. The number of thioether (sulfide) groups is 2. The second-order valence-electron chi connectivity index (χ2n) is 6.69. The van der Waals surface area contributed by atoms with Crippen molar-refractivity contribution in [2.24, 2.45) is 10.9 Å². The van der Waals surface area contributed by atoms with E-state index in [1.807, 2.05) is 36.2 Å². The van der Waals surface area contributed by atoms with Crippen LogP contribution in [0.1, 0.15) is 37.7 Å². The fourth-order valence-electron chi connectivity index (χ4n) is 3.00. The van der Waals surface area contributed by atoms with Crippen LogP contribution in [0, 0.1) is 12.8 Å². The third kappa shape index (κ3) is 6.65. The van der Waals surface area contributed by atoms with Crippen molar-refractivity contribution >= 4 is 34.3 Å². The number of aliphatic imine (C=N–C) groups is 1. The van der Waals surface area contributed by atoms with Gasteiger partial charge in [-0.15, -0.1) is 11.8 Å². The van der Waals surface area contributed by atoms with Crippen molar-refractivity contribution in [2.75, 3.05) is 5.75 Å². The van der Waals surface area contributed by atoms with Gasteiger partial charge in [0.15, 0.2) is 0 Å². The van der Waals surface area contributed by atoms with Gasteiger partial charge in [0.1, 0.15) is 5.03 Å². The molecule has 0 amide bonds. The zero-order chi connectivity index (χ0) is 18.0. The molecule has 2 nitrogen and oxygen atoms in total. The summed E-state index contributed by atoms with van der Waals surface area (Å²) < 4.78 is 0. The number of hydrogen-bond acceptors (Lipinski definition) is 4. The van der Waals surface area contributed by atoms with E-state index in [0.717, 1.165) is 21.7 Å². The number of rotatable bonds is 6. The van der Waals surface area contributed by atoms with Crippen molar-refractivity contribution in [3.63, 3.8) is 0 Å². The Kier molecular flexibility index (Phi) is 7.84. The van der Waals surface area contributed by atoms with E-state index in [0.29, 0.717) is 0 Å². The molecule has 1 saturated carbocycles. The summed E-state index contributed by atoms with van der Waals surface area (Å²) in [6, 6.07) is 14.4. The Morgan fingerprint density at radius 3 is 2.65 bits per heavy atom. The highest BCUT2D eigenvalue weighted by molar-refractivity contribution is 8.14. The third-order valence-corrected chi connectivity index (χ3v) is 6.42. The topological polar surface area (TPSA) is 25.2 Å². The van der Waals surface area contributed by atoms with Gasteiger partial charge in [-0.25, -0.2) is 9.98 Å². The molecule has 0 unspecified atom stereocenters. The van der Waals surface area contributed by atoms with E-state index in [1.165, 1.54) is 43.4 Å². The summed E-state index contributed by atoms with van der Waals surface area (Å²) in [7, 11) is 0. The second-order valence-corrected chi connectivity index (χ2v) is 8.66. The van der Waals surface area contributed by atoms with Crippen molar-refractivity contribution in [1.82, 2.24) is 4.98 Å². The van der Waals surface area contributed by atoms with E-state index in [1.54, 1.807) is 11.8 Å². The van der Waals surface area contributed by atoms with E-state index in [-0.39, 0.29) is 0 Å². The Morgan fingerprint density at radius 1 is 1.12 bits per heavy atom. The van der Waals surface area contributed by atoms with Crippen LogP contribution in [-0.4, -0.2) is 15.8 Å². The van der Waals surface area contributed by atoms with Gasteiger partial charge in [0.2, 0.25) is 0 Å². The first-order valence-corrected chi connectivity index (χ1v) is 11.2. The SMILES string of the molecule is Cc1ccc(N=C(C=CSc2ccccn2)SCC2CCCCC2)cc1. The summed E-state index contributed by atoms with van der Waals surface area (Å²) in [5, 5.41) is 4.20. The minimum absolute atomic E-state index is 0.841. The van der Waals surface area contributed by atoms with Crippen molar-refractivity contribution < 1.29 is 0 Å². The maximum atomic E-state index is 4.87. The molecular formula is C22H26N2S2. The summed E-state index contributed by atoms with van der Waals surface area (Å²) in [6.45, 7) is 2.11. The highest BCUT2D eigenvalue weighted by Crippen LogP contribution is 2.28. The molecule has 4 heteroatoms. The quantitative estimate of drug-likeness (QED) is 0.304. The summed E-state index contributed by atoms with van der Waals surface area (Å²) in [5.41, 5.74) is 2.29. The highest BCUT2D eigenvalue weighted by Gasteiger charge is 2.14. The van der Waals surface area contributed by atoms with Gasteiger partial charge in [-0.2, -0.15) is 0 Å². The van der Waals surface area contributed by atoms with Crippen LogP contribution in [-0.2, 0) is 0 Å². The zero-order valence-electron chi connectivity index (χ0n) is 15.3. The van der Waals surface area contributed by atoms with Crippen molar-refractivity contribution in [3.8, 4) is 0 Å². The lowest BCUT2D eigenvalue weighted by atomic mass is 9.91. The Balaban J connectivity index is 1.66. The monoisotopic (exact) mass is 382 g/mol. The molecule has 1 heterocycles. The lowest BCUT2D eigenvalue weighted by Gasteiger charge is -2.20. The molecule has 0 saturated heterocycles. The molecule has 1 aliphatic carbocycles. The molecule has 0 radical (unpaired) electrons. The third-order valence-electron chi connectivity index (χ3n) is 4.50. The molecule has 0 bridgehead atoms.